The Morgan fingerprint density at radius 3 is 1.96 bits per heavy atom. The molecule has 5 atom stereocenters. The zero-order valence-electron chi connectivity index (χ0n) is 32.4. The van der Waals surface area contributed by atoms with E-state index in [2.05, 4.69) is 113 Å². The lowest BCUT2D eigenvalue weighted by atomic mass is 9.93. The highest BCUT2D eigenvalue weighted by atomic mass is 28.4. The Bertz CT molecular complexity index is 1580. The van der Waals surface area contributed by atoms with Gasteiger partial charge >= 0.3 is 0 Å². The lowest BCUT2D eigenvalue weighted by molar-refractivity contribution is -0.0508. The third-order valence-electron chi connectivity index (χ3n) is 10.3. The van der Waals surface area contributed by atoms with Crippen molar-refractivity contribution in [3.63, 3.8) is 0 Å². The van der Waals surface area contributed by atoms with E-state index < -0.39 is 14.4 Å². The molecule has 53 heavy (non-hydrogen) atoms. The molecule has 6 nitrogen and oxygen atoms in total. The molecule has 0 saturated carbocycles. The van der Waals surface area contributed by atoms with E-state index in [1.807, 2.05) is 42.5 Å². The van der Waals surface area contributed by atoms with Crippen LogP contribution >= 0.6 is 0 Å². The van der Waals surface area contributed by atoms with Gasteiger partial charge < -0.3 is 28.5 Å². The molecule has 0 radical (unpaired) electrons. The summed E-state index contributed by atoms with van der Waals surface area (Å²) in [5, 5.41) is 13.8. The van der Waals surface area contributed by atoms with Gasteiger partial charge in [-0.25, -0.2) is 0 Å². The maximum atomic E-state index is 11.5. The van der Waals surface area contributed by atoms with Crippen molar-refractivity contribution in [2.24, 2.45) is 5.92 Å². The summed E-state index contributed by atoms with van der Waals surface area (Å²) in [5.74, 6) is 0.918. The second-order valence-electron chi connectivity index (χ2n) is 15.4. The quantitative estimate of drug-likeness (QED) is 0.0557. The van der Waals surface area contributed by atoms with Crippen LogP contribution < -0.4 is 15.1 Å². The normalized spacial score (nSPS) is 18.0. The number of aliphatic hydroxyl groups is 1. The number of hydrogen-bond donors (Lipinski definition) is 1. The molecular formula is C46H60O6Si. The van der Waals surface area contributed by atoms with Crippen molar-refractivity contribution >= 4 is 18.7 Å². The Morgan fingerprint density at radius 2 is 1.36 bits per heavy atom. The molecule has 0 saturated heterocycles. The van der Waals surface area contributed by atoms with Gasteiger partial charge in [0.15, 0.2) is 0 Å². The van der Waals surface area contributed by atoms with Crippen LogP contribution in [0.15, 0.2) is 127 Å². The van der Waals surface area contributed by atoms with Gasteiger partial charge in [-0.1, -0.05) is 143 Å². The monoisotopic (exact) mass is 736 g/mol. The lowest BCUT2D eigenvalue weighted by Crippen LogP contribution is -2.68. The molecule has 1 aliphatic rings. The van der Waals surface area contributed by atoms with Gasteiger partial charge in [-0.3, -0.25) is 0 Å². The maximum absolute atomic E-state index is 11.5. The van der Waals surface area contributed by atoms with Gasteiger partial charge in [0.05, 0.1) is 51.3 Å². The molecule has 0 amide bonds. The summed E-state index contributed by atoms with van der Waals surface area (Å²) in [6, 6.07) is 39.8. The molecule has 0 aromatic heterocycles. The van der Waals surface area contributed by atoms with Gasteiger partial charge in [-0.15, -0.1) is 0 Å². The Morgan fingerprint density at radius 1 is 0.774 bits per heavy atom. The van der Waals surface area contributed by atoms with E-state index in [1.165, 1.54) is 10.4 Å². The van der Waals surface area contributed by atoms with E-state index in [0.717, 1.165) is 36.1 Å². The minimum atomic E-state index is -2.84. The Balaban J connectivity index is 1.25. The van der Waals surface area contributed by atoms with Crippen LogP contribution in [-0.4, -0.2) is 58.2 Å². The number of aliphatic hydroxyl groups excluding tert-OH is 1. The van der Waals surface area contributed by atoms with Gasteiger partial charge in [0.2, 0.25) is 0 Å². The van der Waals surface area contributed by atoms with Crippen molar-refractivity contribution in [3.8, 4) is 5.75 Å². The molecule has 0 aliphatic carbocycles. The summed E-state index contributed by atoms with van der Waals surface area (Å²) in [6.07, 6.45) is 7.33. The van der Waals surface area contributed by atoms with Crippen molar-refractivity contribution in [3.05, 3.63) is 139 Å². The molecule has 284 valence electrons. The SMILES string of the molecule is COc1ccc(COCC[C@@H](O[Si](c2ccccc2)(c2ccccc2)C(C)(C)C)[C@H](C)C[C@H](O)CC[C@H]2CC=C[C@@H](COCc3ccccc3)O2)cc1. The Hall–Kier alpha value is -3.56. The fourth-order valence-corrected chi connectivity index (χ4v) is 12.3. The van der Waals surface area contributed by atoms with Crippen molar-refractivity contribution in [2.75, 3.05) is 20.3 Å². The van der Waals surface area contributed by atoms with Crippen LogP contribution in [0.5, 0.6) is 5.75 Å². The Labute approximate surface area is 319 Å². The molecule has 0 unspecified atom stereocenters. The van der Waals surface area contributed by atoms with Gasteiger partial charge in [-0.2, -0.15) is 0 Å². The van der Waals surface area contributed by atoms with Gasteiger partial charge in [-0.05, 0) is 76.7 Å². The smallest absolute Gasteiger partial charge is 0.261 e. The van der Waals surface area contributed by atoms with Crippen molar-refractivity contribution in [1.29, 1.82) is 0 Å². The van der Waals surface area contributed by atoms with Crippen LogP contribution in [0.3, 0.4) is 0 Å². The minimum Gasteiger partial charge on any atom is -0.497 e. The predicted octanol–water partition coefficient (Wildman–Crippen LogP) is 8.64. The summed E-state index contributed by atoms with van der Waals surface area (Å²) in [4.78, 5) is 0. The molecule has 4 aromatic rings. The highest BCUT2D eigenvalue weighted by Gasteiger charge is 2.52. The van der Waals surface area contributed by atoms with Gasteiger partial charge in [0.25, 0.3) is 8.32 Å². The summed E-state index contributed by atoms with van der Waals surface area (Å²) in [6.45, 7) is 11.3. The molecule has 0 bridgehead atoms. The first kappa shape index (κ1) is 40.6. The standard InChI is InChI=1S/C46H60O6Si/c1-36(32-39(47)26-29-41-18-15-19-42(51-41)35-50-34-37-16-9-6-10-17-37)45(30-31-49-33-38-24-27-40(48-5)28-25-38)52-53(46(2,3)4,43-20-11-7-12-21-43)44-22-13-8-14-23-44/h6-17,19-25,27-28,36,39,41-42,45,47H,18,26,29-35H2,1-5H3/t36-,39-,41-,42+,45-/m1/s1. The van der Waals surface area contributed by atoms with E-state index in [9.17, 15) is 5.11 Å². The van der Waals surface area contributed by atoms with E-state index in [0.29, 0.717) is 39.3 Å². The van der Waals surface area contributed by atoms with Crippen molar-refractivity contribution < 1.29 is 28.5 Å². The van der Waals surface area contributed by atoms with Crippen LogP contribution in [0, 0.1) is 5.92 Å². The van der Waals surface area contributed by atoms with Crippen LogP contribution in [-0.2, 0) is 31.9 Å². The molecule has 1 N–H and O–H groups in total. The molecule has 0 fully saturated rings. The second-order valence-corrected chi connectivity index (χ2v) is 19.7. The van der Waals surface area contributed by atoms with Crippen molar-refractivity contribution in [1.82, 2.24) is 0 Å². The van der Waals surface area contributed by atoms with E-state index in [-0.39, 0.29) is 29.3 Å². The van der Waals surface area contributed by atoms with Crippen LogP contribution in [0.1, 0.15) is 70.9 Å². The minimum absolute atomic E-state index is 0.0609. The fraction of sp³-hybridized carbons (Fsp3) is 0.435. The first-order valence-corrected chi connectivity index (χ1v) is 21.2. The lowest BCUT2D eigenvalue weighted by Gasteiger charge is -2.46. The fourth-order valence-electron chi connectivity index (χ4n) is 7.44. The zero-order chi connectivity index (χ0) is 37.5. The molecule has 1 heterocycles. The topological polar surface area (TPSA) is 66.4 Å². The highest BCUT2D eigenvalue weighted by molar-refractivity contribution is 6.99. The predicted molar refractivity (Wildman–Crippen MR) is 217 cm³/mol. The molecular weight excluding hydrogens is 677 g/mol. The van der Waals surface area contributed by atoms with Crippen LogP contribution in [0.2, 0.25) is 5.04 Å². The second kappa shape index (κ2) is 20.2. The molecule has 5 rings (SSSR count). The third kappa shape index (κ3) is 11.7. The summed E-state index contributed by atoms with van der Waals surface area (Å²) >= 11 is 0. The molecule has 4 aromatic carbocycles. The number of ether oxygens (including phenoxy) is 4. The maximum Gasteiger partial charge on any atom is 0.261 e. The van der Waals surface area contributed by atoms with E-state index in [4.69, 9.17) is 23.4 Å². The number of methoxy groups -OCH3 is 1. The zero-order valence-corrected chi connectivity index (χ0v) is 33.4. The summed E-state index contributed by atoms with van der Waals surface area (Å²) in [7, 11) is -1.16. The summed E-state index contributed by atoms with van der Waals surface area (Å²) < 4.78 is 31.6. The van der Waals surface area contributed by atoms with Crippen molar-refractivity contribution in [2.45, 2.75) is 102 Å². The highest BCUT2D eigenvalue weighted by Crippen LogP contribution is 2.39. The first-order chi connectivity index (χ1) is 25.7. The van der Waals surface area contributed by atoms with Gasteiger partial charge in [0, 0.05) is 6.61 Å². The Kier molecular flexibility index (Phi) is 15.5. The molecule has 7 heteroatoms. The summed E-state index contributed by atoms with van der Waals surface area (Å²) in [5.41, 5.74) is 2.26. The largest absolute Gasteiger partial charge is 0.497 e. The third-order valence-corrected chi connectivity index (χ3v) is 15.4. The van der Waals surface area contributed by atoms with E-state index in [1.54, 1.807) is 7.11 Å². The first-order valence-electron chi connectivity index (χ1n) is 19.3. The van der Waals surface area contributed by atoms with Crippen LogP contribution in [0.25, 0.3) is 0 Å². The number of rotatable bonds is 20. The van der Waals surface area contributed by atoms with E-state index >= 15 is 0 Å². The van der Waals surface area contributed by atoms with Gasteiger partial charge in [0.1, 0.15) is 5.75 Å². The molecule has 0 spiro atoms. The average Bonchev–Trinajstić information content (AvgIpc) is 3.18. The number of hydrogen-bond acceptors (Lipinski definition) is 6. The molecule has 1 aliphatic heterocycles. The van der Waals surface area contributed by atoms with Crippen LogP contribution in [0.4, 0.5) is 0 Å². The number of benzene rings is 4. The average molecular weight is 737 g/mol.